The third kappa shape index (κ3) is 4.31. The lowest BCUT2D eigenvalue weighted by Gasteiger charge is -2.35. The molecule has 1 N–H and O–H groups in total. The van der Waals surface area contributed by atoms with E-state index in [-0.39, 0.29) is 0 Å². The van der Waals surface area contributed by atoms with Gasteiger partial charge in [0.25, 0.3) is 0 Å². The number of benzene rings is 1. The molecule has 2 fully saturated rings. The van der Waals surface area contributed by atoms with Crippen molar-refractivity contribution in [3.05, 3.63) is 35.9 Å². The Hall–Kier alpha value is -0.860. The second kappa shape index (κ2) is 6.93. The first-order valence-electron chi connectivity index (χ1n) is 8.75. The number of rotatable bonds is 6. The molecule has 1 atom stereocenters. The summed E-state index contributed by atoms with van der Waals surface area (Å²) in [6, 6.07) is 12.4. The number of likely N-dealkylation sites (tertiary alicyclic amines) is 1. The van der Waals surface area contributed by atoms with E-state index in [1.807, 2.05) is 0 Å². The van der Waals surface area contributed by atoms with Crippen molar-refractivity contribution in [3.8, 4) is 0 Å². The van der Waals surface area contributed by atoms with Crippen molar-refractivity contribution in [3.63, 3.8) is 0 Å². The van der Waals surface area contributed by atoms with E-state index in [9.17, 15) is 0 Å². The minimum absolute atomic E-state index is 0.591. The molecule has 1 saturated carbocycles. The summed E-state index contributed by atoms with van der Waals surface area (Å²) < 4.78 is 0. The van der Waals surface area contributed by atoms with E-state index in [1.165, 1.54) is 50.9 Å². The molecule has 1 heterocycles. The zero-order chi connectivity index (χ0) is 14.7. The molecule has 2 heteroatoms. The maximum Gasteiger partial charge on any atom is 0.0351 e. The second-order valence-electron chi connectivity index (χ2n) is 7.36. The fourth-order valence-electron chi connectivity index (χ4n) is 3.65. The summed E-state index contributed by atoms with van der Waals surface area (Å²) in [5, 5.41) is 3.98. The van der Waals surface area contributed by atoms with E-state index < -0.39 is 0 Å². The molecule has 3 rings (SSSR count). The van der Waals surface area contributed by atoms with Crippen LogP contribution in [0.2, 0.25) is 0 Å². The number of piperidine rings is 1. The van der Waals surface area contributed by atoms with Gasteiger partial charge in [0.05, 0.1) is 0 Å². The Morgan fingerprint density at radius 1 is 1.05 bits per heavy atom. The van der Waals surface area contributed by atoms with Crippen molar-refractivity contribution in [2.45, 2.75) is 51.6 Å². The van der Waals surface area contributed by atoms with Gasteiger partial charge in [0.15, 0.2) is 0 Å². The molecule has 1 saturated heterocycles. The van der Waals surface area contributed by atoms with E-state index >= 15 is 0 Å². The van der Waals surface area contributed by atoms with Gasteiger partial charge in [-0.1, -0.05) is 44.2 Å². The molecule has 1 unspecified atom stereocenters. The molecule has 0 radical (unpaired) electrons. The van der Waals surface area contributed by atoms with Crippen molar-refractivity contribution in [1.29, 1.82) is 0 Å². The Labute approximate surface area is 129 Å². The highest BCUT2D eigenvalue weighted by molar-refractivity contribution is 5.21. The third-order valence-corrected chi connectivity index (χ3v) is 4.88. The molecule has 1 aromatic carbocycles. The molecular weight excluding hydrogens is 256 g/mol. The molecule has 2 nitrogen and oxygen atoms in total. The Balaban J connectivity index is 1.53. The van der Waals surface area contributed by atoms with Crippen LogP contribution in [0.5, 0.6) is 0 Å². The maximum atomic E-state index is 3.98. The van der Waals surface area contributed by atoms with Gasteiger partial charge in [-0.25, -0.2) is 0 Å². The van der Waals surface area contributed by atoms with Crippen LogP contribution in [0.15, 0.2) is 30.3 Å². The minimum atomic E-state index is 0.591. The summed E-state index contributed by atoms with van der Waals surface area (Å²) >= 11 is 0. The van der Waals surface area contributed by atoms with Crippen LogP contribution in [0.25, 0.3) is 0 Å². The average molecular weight is 286 g/mol. The number of nitrogens with one attached hydrogen (secondary N) is 1. The number of hydrogen-bond acceptors (Lipinski definition) is 2. The van der Waals surface area contributed by atoms with E-state index in [0.29, 0.717) is 12.1 Å². The van der Waals surface area contributed by atoms with E-state index in [1.54, 1.807) is 0 Å². The van der Waals surface area contributed by atoms with Gasteiger partial charge in [0, 0.05) is 18.6 Å². The van der Waals surface area contributed by atoms with Crippen LogP contribution in [0.1, 0.15) is 51.1 Å². The van der Waals surface area contributed by atoms with Gasteiger partial charge in [-0.05, 0) is 56.2 Å². The van der Waals surface area contributed by atoms with Crippen LogP contribution in [-0.2, 0) is 0 Å². The molecule has 1 aliphatic heterocycles. The number of nitrogens with zero attached hydrogens (tertiary/aromatic N) is 1. The SMILES string of the molecule is CC(C)CN1CCC(NC(c2ccccc2)C2CC2)CC1. The van der Waals surface area contributed by atoms with Crippen molar-refractivity contribution in [1.82, 2.24) is 10.2 Å². The summed E-state index contributed by atoms with van der Waals surface area (Å²) in [7, 11) is 0. The highest BCUT2D eigenvalue weighted by Crippen LogP contribution is 2.41. The molecule has 0 amide bonds. The molecule has 0 bridgehead atoms. The lowest BCUT2D eigenvalue weighted by molar-refractivity contribution is 0.172. The third-order valence-electron chi connectivity index (χ3n) is 4.88. The molecule has 0 spiro atoms. The molecule has 2 aliphatic rings. The Morgan fingerprint density at radius 3 is 2.29 bits per heavy atom. The van der Waals surface area contributed by atoms with E-state index in [2.05, 4.69) is 54.4 Å². The van der Waals surface area contributed by atoms with Crippen LogP contribution in [0.3, 0.4) is 0 Å². The van der Waals surface area contributed by atoms with Crippen LogP contribution < -0.4 is 5.32 Å². The predicted molar refractivity (Wildman–Crippen MR) is 89.3 cm³/mol. The number of hydrogen-bond donors (Lipinski definition) is 1. The van der Waals surface area contributed by atoms with Gasteiger partial charge in [0.2, 0.25) is 0 Å². The Kier molecular flexibility index (Phi) is 4.97. The zero-order valence-corrected chi connectivity index (χ0v) is 13.6. The largest absolute Gasteiger partial charge is 0.307 e. The van der Waals surface area contributed by atoms with Crippen LogP contribution in [-0.4, -0.2) is 30.6 Å². The molecule has 1 aromatic rings. The van der Waals surface area contributed by atoms with Crippen molar-refractivity contribution >= 4 is 0 Å². The van der Waals surface area contributed by atoms with Gasteiger partial charge in [0.1, 0.15) is 0 Å². The second-order valence-corrected chi connectivity index (χ2v) is 7.36. The van der Waals surface area contributed by atoms with Crippen molar-refractivity contribution < 1.29 is 0 Å². The fraction of sp³-hybridized carbons (Fsp3) is 0.684. The van der Waals surface area contributed by atoms with Crippen molar-refractivity contribution in [2.75, 3.05) is 19.6 Å². The first kappa shape index (κ1) is 15.1. The summed E-state index contributed by atoms with van der Waals surface area (Å²) in [5.41, 5.74) is 1.49. The molecule has 0 aromatic heterocycles. The zero-order valence-electron chi connectivity index (χ0n) is 13.6. The van der Waals surface area contributed by atoms with Gasteiger partial charge in [-0.2, -0.15) is 0 Å². The predicted octanol–water partition coefficient (Wildman–Crippen LogP) is 3.85. The van der Waals surface area contributed by atoms with Crippen molar-refractivity contribution in [2.24, 2.45) is 11.8 Å². The maximum absolute atomic E-state index is 3.98. The highest BCUT2D eigenvalue weighted by atomic mass is 15.1. The summed E-state index contributed by atoms with van der Waals surface area (Å²) in [6.07, 6.45) is 5.42. The highest BCUT2D eigenvalue weighted by Gasteiger charge is 2.34. The molecule has 21 heavy (non-hydrogen) atoms. The van der Waals surface area contributed by atoms with Gasteiger partial charge >= 0.3 is 0 Å². The van der Waals surface area contributed by atoms with Gasteiger partial charge in [-0.15, -0.1) is 0 Å². The lowest BCUT2D eigenvalue weighted by atomic mass is 9.97. The van der Waals surface area contributed by atoms with Gasteiger partial charge < -0.3 is 10.2 Å². The summed E-state index contributed by atoms with van der Waals surface area (Å²) in [5.74, 6) is 1.67. The fourth-order valence-corrected chi connectivity index (χ4v) is 3.65. The summed E-state index contributed by atoms with van der Waals surface area (Å²) in [6.45, 7) is 8.44. The van der Waals surface area contributed by atoms with Crippen LogP contribution >= 0.6 is 0 Å². The standard InChI is InChI=1S/C19H30N2/c1-15(2)14-21-12-10-18(11-13-21)20-19(17-8-9-17)16-6-4-3-5-7-16/h3-7,15,17-20H,8-14H2,1-2H3. The summed E-state index contributed by atoms with van der Waals surface area (Å²) in [4.78, 5) is 2.64. The van der Waals surface area contributed by atoms with E-state index in [4.69, 9.17) is 0 Å². The first-order valence-corrected chi connectivity index (χ1v) is 8.75. The molecule has 116 valence electrons. The van der Waals surface area contributed by atoms with Crippen LogP contribution in [0.4, 0.5) is 0 Å². The average Bonchev–Trinajstić information content (AvgIpc) is 3.31. The van der Waals surface area contributed by atoms with Crippen LogP contribution in [0, 0.1) is 11.8 Å². The Morgan fingerprint density at radius 2 is 1.71 bits per heavy atom. The molecule has 1 aliphatic carbocycles. The molecular formula is C19H30N2. The monoisotopic (exact) mass is 286 g/mol. The normalized spacial score (nSPS) is 22.6. The first-order chi connectivity index (χ1) is 10.2. The van der Waals surface area contributed by atoms with E-state index in [0.717, 1.165) is 11.8 Å². The topological polar surface area (TPSA) is 15.3 Å². The lowest BCUT2D eigenvalue weighted by Crippen LogP contribution is -2.45. The smallest absolute Gasteiger partial charge is 0.0351 e. The minimum Gasteiger partial charge on any atom is -0.307 e. The Bertz CT molecular complexity index is 416. The quantitative estimate of drug-likeness (QED) is 0.854. The van der Waals surface area contributed by atoms with Gasteiger partial charge in [-0.3, -0.25) is 0 Å².